The monoisotopic (exact) mass is 386 g/mol. The number of hydrogen-bond acceptors (Lipinski definition) is 1. The van der Waals surface area contributed by atoms with Crippen LogP contribution in [0.2, 0.25) is 0 Å². The lowest BCUT2D eigenvalue weighted by molar-refractivity contribution is 0.494. The summed E-state index contributed by atoms with van der Waals surface area (Å²) in [4.78, 5) is 0. The SMILES string of the molecule is CCC[C@H](NCc1cn(Cc2ccccc2F)c2ccccc12)c1ccccc1. The van der Waals surface area contributed by atoms with Crippen molar-refractivity contribution in [2.75, 3.05) is 0 Å². The zero-order chi connectivity index (χ0) is 20.1. The van der Waals surface area contributed by atoms with Gasteiger partial charge in [0.1, 0.15) is 5.82 Å². The molecule has 0 unspecified atom stereocenters. The van der Waals surface area contributed by atoms with Crippen molar-refractivity contribution in [2.24, 2.45) is 0 Å². The highest BCUT2D eigenvalue weighted by Crippen LogP contribution is 2.25. The lowest BCUT2D eigenvalue weighted by atomic mass is 10.0. The maximum absolute atomic E-state index is 14.2. The van der Waals surface area contributed by atoms with Crippen molar-refractivity contribution in [3.05, 3.63) is 108 Å². The van der Waals surface area contributed by atoms with Crippen molar-refractivity contribution in [3.63, 3.8) is 0 Å². The molecule has 3 aromatic carbocycles. The Morgan fingerprint density at radius 2 is 1.59 bits per heavy atom. The first-order chi connectivity index (χ1) is 14.3. The van der Waals surface area contributed by atoms with Crippen LogP contribution in [0.5, 0.6) is 0 Å². The van der Waals surface area contributed by atoms with Crippen LogP contribution >= 0.6 is 0 Å². The summed E-state index contributed by atoms with van der Waals surface area (Å²) >= 11 is 0. The summed E-state index contributed by atoms with van der Waals surface area (Å²) in [5.41, 5.74) is 4.42. The largest absolute Gasteiger partial charge is 0.343 e. The van der Waals surface area contributed by atoms with Crippen molar-refractivity contribution in [2.45, 2.75) is 38.9 Å². The Hall–Kier alpha value is -2.91. The number of fused-ring (bicyclic) bond motifs is 1. The minimum atomic E-state index is -0.156. The van der Waals surface area contributed by atoms with Crippen LogP contribution in [0.1, 0.15) is 42.5 Å². The molecular formula is C26H27FN2. The molecule has 0 saturated heterocycles. The first-order valence-corrected chi connectivity index (χ1v) is 10.3. The van der Waals surface area contributed by atoms with E-state index in [-0.39, 0.29) is 5.82 Å². The van der Waals surface area contributed by atoms with Gasteiger partial charge in [0, 0.05) is 35.2 Å². The second kappa shape index (κ2) is 9.06. The van der Waals surface area contributed by atoms with E-state index >= 15 is 0 Å². The topological polar surface area (TPSA) is 17.0 Å². The zero-order valence-corrected chi connectivity index (χ0v) is 16.8. The van der Waals surface area contributed by atoms with E-state index in [4.69, 9.17) is 0 Å². The number of nitrogens with one attached hydrogen (secondary N) is 1. The highest BCUT2D eigenvalue weighted by atomic mass is 19.1. The van der Waals surface area contributed by atoms with E-state index in [1.165, 1.54) is 22.6 Å². The third-order valence-corrected chi connectivity index (χ3v) is 5.49. The summed E-state index contributed by atoms with van der Waals surface area (Å²) in [6.45, 7) is 3.53. The van der Waals surface area contributed by atoms with Gasteiger partial charge in [-0.2, -0.15) is 0 Å². The van der Waals surface area contributed by atoms with Gasteiger partial charge in [0.25, 0.3) is 0 Å². The Morgan fingerprint density at radius 3 is 2.38 bits per heavy atom. The van der Waals surface area contributed by atoms with Crippen LogP contribution in [0.3, 0.4) is 0 Å². The molecule has 1 atom stereocenters. The first kappa shape index (κ1) is 19.4. The summed E-state index contributed by atoms with van der Waals surface area (Å²) in [5.74, 6) is -0.156. The minimum absolute atomic E-state index is 0.156. The Balaban J connectivity index is 1.60. The van der Waals surface area contributed by atoms with Crippen LogP contribution in [0, 0.1) is 5.82 Å². The second-order valence-corrected chi connectivity index (χ2v) is 7.52. The molecule has 0 bridgehead atoms. The predicted molar refractivity (Wildman–Crippen MR) is 118 cm³/mol. The fourth-order valence-electron chi connectivity index (χ4n) is 4.00. The summed E-state index contributed by atoms with van der Waals surface area (Å²) < 4.78 is 16.3. The Bertz CT molecular complexity index is 1070. The fourth-order valence-corrected chi connectivity index (χ4v) is 4.00. The lowest BCUT2D eigenvalue weighted by Gasteiger charge is -2.18. The lowest BCUT2D eigenvalue weighted by Crippen LogP contribution is -2.20. The molecule has 148 valence electrons. The maximum atomic E-state index is 14.2. The van der Waals surface area contributed by atoms with Gasteiger partial charge in [-0.3, -0.25) is 0 Å². The predicted octanol–water partition coefficient (Wildman–Crippen LogP) is 6.46. The molecule has 3 heteroatoms. The van der Waals surface area contributed by atoms with E-state index in [9.17, 15) is 4.39 Å². The smallest absolute Gasteiger partial charge is 0.128 e. The van der Waals surface area contributed by atoms with Gasteiger partial charge in [0.15, 0.2) is 0 Å². The van der Waals surface area contributed by atoms with Gasteiger partial charge in [-0.25, -0.2) is 4.39 Å². The third kappa shape index (κ3) is 4.41. The number of aromatic nitrogens is 1. The molecule has 0 aliphatic carbocycles. The summed E-state index contributed by atoms with van der Waals surface area (Å²) in [6, 6.07) is 26.3. The number of rotatable bonds is 8. The second-order valence-electron chi connectivity index (χ2n) is 7.52. The Kier molecular flexibility index (Phi) is 6.06. The molecule has 1 aromatic heterocycles. The van der Waals surface area contributed by atoms with Crippen molar-refractivity contribution >= 4 is 10.9 Å². The van der Waals surface area contributed by atoms with E-state index in [1.807, 2.05) is 18.2 Å². The molecule has 0 spiro atoms. The molecule has 1 heterocycles. The van der Waals surface area contributed by atoms with Crippen LogP contribution in [-0.2, 0) is 13.1 Å². The minimum Gasteiger partial charge on any atom is -0.343 e. The van der Waals surface area contributed by atoms with E-state index in [2.05, 4.69) is 71.5 Å². The standard InChI is InChI=1S/C26H27FN2/c1-2-10-25(20-11-4-3-5-12-20)28-17-22-19-29(26-16-9-7-14-23(22)26)18-21-13-6-8-15-24(21)27/h3-9,11-16,19,25,28H,2,10,17-18H2,1H3/t25-/m0/s1. The van der Waals surface area contributed by atoms with Gasteiger partial charge < -0.3 is 9.88 Å². The molecule has 0 aliphatic rings. The van der Waals surface area contributed by atoms with E-state index in [0.29, 0.717) is 18.2 Å². The molecule has 0 amide bonds. The van der Waals surface area contributed by atoms with Gasteiger partial charge in [-0.05, 0) is 29.7 Å². The van der Waals surface area contributed by atoms with Gasteiger partial charge in [0.2, 0.25) is 0 Å². The van der Waals surface area contributed by atoms with Gasteiger partial charge in [0.05, 0.1) is 6.54 Å². The summed E-state index contributed by atoms with van der Waals surface area (Å²) in [5, 5.41) is 4.97. The molecule has 29 heavy (non-hydrogen) atoms. The van der Waals surface area contributed by atoms with Crippen LogP contribution in [-0.4, -0.2) is 4.57 Å². The maximum Gasteiger partial charge on any atom is 0.128 e. The molecule has 4 aromatic rings. The highest BCUT2D eigenvalue weighted by molar-refractivity contribution is 5.84. The molecule has 1 N–H and O–H groups in total. The normalized spacial score (nSPS) is 12.3. The molecule has 4 rings (SSSR count). The van der Waals surface area contributed by atoms with Crippen LogP contribution in [0.25, 0.3) is 10.9 Å². The molecule has 0 fully saturated rings. The molecule has 0 aliphatic heterocycles. The Morgan fingerprint density at radius 1 is 0.862 bits per heavy atom. The summed E-state index contributed by atoms with van der Waals surface area (Å²) in [7, 11) is 0. The van der Waals surface area contributed by atoms with Crippen LogP contribution in [0.15, 0.2) is 85.1 Å². The number of halogens is 1. The highest BCUT2D eigenvalue weighted by Gasteiger charge is 2.13. The number of para-hydroxylation sites is 1. The average Bonchev–Trinajstić information content (AvgIpc) is 3.11. The third-order valence-electron chi connectivity index (χ3n) is 5.49. The van der Waals surface area contributed by atoms with Crippen LogP contribution in [0.4, 0.5) is 4.39 Å². The molecule has 0 saturated carbocycles. The first-order valence-electron chi connectivity index (χ1n) is 10.3. The van der Waals surface area contributed by atoms with E-state index < -0.39 is 0 Å². The van der Waals surface area contributed by atoms with Crippen molar-refractivity contribution in [1.82, 2.24) is 9.88 Å². The van der Waals surface area contributed by atoms with Crippen LogP contribution < -0.4 is 5.32 Å². The molecule has 0 radical (unpaired) electrons. The van der Waals surface area contributed by atoms with E-state index in [1.54, 1.807) is 6.07 Å². The Labute approximate surface area is 172 Å². The zero-order valence-electron chi connectivity index (χ0n) is 16.8. The number of hydrogen-bond donors (Lipinski definition) is 1. The van der Waals surface area contributed by atoms with Crippen molar-refractivity contribution in [3.8, 4) is 0 Å². The molecule has 2 nitrogen and oxygen atoms in total. The van der Waals surface area contributed by atoms with Crippen molar-refractivity contribution < 1.29 is 4.39 Å². The quantitative estimate of drug-likeness (QED) is 0.368. The van der Waals surface area contributed by atoms with Gasteiger partial charge >= 0.3 is 0 Å². The fraction of sp³-hybridized carbons (Fsp3) is 0.231. The average molecular weight is 387 g/mol. The number of nitrogens with zero attached hydrogens (tertiary/aromatic N) is 1. The van der Waals surface area contributed by atoms with Crippen molar-refractivity contribution in [1.29, 1.82) is 0 Å². The summed E-state index contributed by atoms with van der Waals surface area (Å²) in [6.07, 6.45) is 4.39. The molecular weight excluding hydrogens is 359 g/mol. The van der Waals surface area contributed by atoms with Gasteiger partial charge in [-0.15, -0.1) is 0 Å². The van der Waals surface area contributed by atoms with E-state index in [0.717, 1.165) is 24.9 Å². The van der Waals surface area contributed by atoms with Gasteiger partial charge in [-0.1, -0.05) is 80.1 Å². The number of benzene rings is 3.